The summed E-state index contributed by atoms with van der Waals surface area (Å²) in [4.78, 5) is 48.2. The van der Waals surface area contributed by atoms with Gasteiger partial charge in [0.1, 0.15) is 47.0 Å². The van der Waals surface area contributed by atoms with Gasteiger partial charge in [0.15, 0.2) is 22.6 Å². The largest absolute Gasteiger partial charge is 0.477 e. The van der Waals surface area contributed by atoms with E-state index in [9.17, 15) is 19.5 Å². The first-order valence-electron chi connectivity index (χ1n) is 10.8. The molecule has 2 atom stereocenters. The van der Waals surface area contributed by atoms with Gasteiger partial charge < -0.3 is 21.0 Å². The number of fused-ring (bicyclic) bond motifs is 2. The molecule has 13 nitrogen and oxygen atoms in total. The van der Waals surface area contributed by atoms with Crippen LogP contribution in [-0.4, -0.2) is 72.5 Å². The van der Waals surface area contributed by atoms with Crippen LogP contribution in [0.2, 0.25) is 4.34 Å². The zero-order valence-electron chi connectivity index (χ0n) is 19.4. The fourth-order valence-corrected chi connectivity index (χ4v) is 6.40. The Kier molecular flexibility index (Phi) is 6.51. The second-order valence-corrected chi connectivity index (χ2v) is 10.9. The van der Waals surface area contributed by atoms with Gasteiger partial charge in [0.05, 0.1) is 5.21 Å². The molecule has 0 radical (unpaired) electrons. The molecule has 0 saturated carbocycles. The van der Waals surface area contributed by atoms with Gasteiger partial charge in [-0.25, -0.2) is 9.78 Å². The van der Waals surface area contributed by atoms with Gasteiger partial charge in [-0.15, -0.1) is 21.0 Å². The minimum Gasteiger partial charge on any atom is -0.477 e. The van der Waals surface area contributed by atoms with Gasteiger partial charge in [-0.2, -0.15) is 0 Å². The van der Waals surface area contributed by atoms with Crippen LogP contribution in [0.5, 0.6) is 0 Å². The second-order valence-electron chi connectivity index (χ2n) is 8.20. The number of rotatable bonds is 7. The molecule has 37 heavy (non-hydrogen) atoms. The summed E-state index contributed by atoms with van der Waals surface area (Å²) < 4.78 is 3.46. The summed E-state index contributed by atoms with van der Waals surface area (Å²) >= 11 is 8.42. The Labute approximate surface area is 222 Å². The number of nitrogen functional groups attached to an aromatic ring is 1. The van der Waals surface area contributed by atoms with Crippen molar-refractivity contribution in [2.24, 2.45) is 5.16 Å². The zero-order chi connectivity index (χ0) is 26.4. The maximum absolute atomic E-state index is 13.1. The van der Waals surface area contributed by atoms with E-state index in [0.717, 1.165) is 22.4 Å². The van der Waals surface area contributed by atoms with Crippen LogP contribution < -0.4 is 15.7 Å². The number of thiazole rings is 1. The number of anilines is 1. The number of pyridine rings is 1. The van der Waals surface area contributed by atoms with Crippen molar-refractivity contribution in [1.82, 2.24) is 24.9 Å². The van der Waals surface area contributed by atoms with Crippen LogP contribution in [0, 0.1) is 6.92 Å². The average Bonchev–Trinajstić information content (AvgIpc) is 3.40. The number of nitrogens with zero attached hydrogens (tertiary/aromatic N) is 6. The molecular weight excluding hydrogens is 544 g/mol. The van der Waals surface area contributed by atoms with Crippen molar-refractivity contribution in [3.8, 4) is 0 Å². The number of oxime groups is 1. The Bertz CT molecular complexity index is 1520. The molecule has 1 fully saturated rings. The summed E-state index contributed by atoms with van der Waals surface area (Å²) in [6, 6.07) is 2.90. The molecule has 4 N–H and O–H groups in total. The lowest BCUT2D eigenvalue weighted by molar-refractivity contribution is -0.746. The van der Waals surface area contributed by atoms with Crippen molar-refractivity contribution < 1.29 is 29.0 Å². The van der Waals surface area contributed by atoms with Crippen LogP contribution in [0.25, 0.3) is 5.52 Å². The summed E-state index contributed by atoms with van der Waals surface area (Å²) in [5.41, 5.74) is 7.79. The van der Waals surface area contributed by atoms with Gasteiger partial charge in [-0.1, -0.05) is 28.1 Å². The van der Waals surface area contributed by atoms with Crippen LogP contribution in [0.15, 0.2) is 41.0 Å². The van der Waals surface area contributed by atoms with Crippen molar-refractivity contribution >= 4 is 68.8 Å². The van der Waals surface area contributed by atoms with E-state index >= 15 is 0 Å². The molecule has 2 aliphatic heterocycles. The smallest absolute Gasteiger partial charge is 0.352 e. The maximum atomic E-state index is 13.1. The summed E-state index contributed by atoms with van der Waals surface area (Å²) in [7, 11) is 1.25. The first-order chi connectivity index (χ1) is 17.7. The van der Waals surface area contributed by atoms with E-state index in [1.807, 2.05) is 31.5 Å². The average molecular weight is 564 g/mol. The molecule has 3 aromatic rings. The first-order valence-corrected chi connectivity index (χ1v) is 13.0. The fourth-order valence-electron chi connectivity index (χ4n) is 4.14. The van der Waals surface area contributed by atoms with E-state index < -0.39 is 29.2 Å². The second kappa shape index (κ2) is 9.64. The van der Waals surface area contributed by atoms with Gasteiger partial charge in [0.2, 0.25) is 0 Å². The Morgan fingerprint density at radius 1 is 1.46 bits per heavy atom. The monoisotopic (exact) mass is 563 g/mol. The third kappa shape index (κ3) is 4.49. The molecule has 0 aliphatic carbocycles. The van der Waals surface area contributed by atoms with Crippen LogP contribution in [0.4, 0.5) is 5.13 Å². The number of nitrogens with two attached hydrogens (primary N) is 1. The summed E-state index contributed by atoms with van der Waals surface area (Å²) in [6.45, 7) is 2.16. The van der Waals surface area contributed by atoms with E-state index in [0.29, 0.717) is 11.3 Å². The lowest BCUT2D eigenvalue weighted by atomic mass is 10.0. The minimum atomic E-state index is -1.23. The molecule has 16 heteroatoms. The lowest BCUT2D eigenvalue weighted by Gasteiger charge is -2.49. The number of amides is 2. The third-order valence-corrected chi connectivity index (χ3v) is 8.15. The number of hydrogen-bond donors (Lipinski definition) is 3. The lowest BCUT2D eigenvalue weighted by Crippen LogP contribution is -2.71. The van der Waals surface area contributed by atoms with E-state index in [1.54, 1.807) is 9.20 Å². The highest BCUT2D eigenvalue weighted by atomic mass is 35.5. The highest BCUT2D eigenvalue weighted by Gasteiger charge is 2.54. The predicted molar refractivity (Wildman–Crippen MR) is 135 cm³/mol. The van der Waals surface area contributed by atoms with Gasteiger partial charge in [0, 0.05) is 11.3 Å². The molecule has 2 aliphatic rings. The van der Waals surface area contributed by atoms with Crippen LogP contribution >= 0.6 is 34.7 Å². The highest BCUT2D eigenvalue weighted by molar-refractivity contribution is 8.00. The predicted octanol–water partition coefficient (Wildman–Crippen LogP) is 0.412. The van der Waals surface area contributed by atoms with Crippen molar-refractivity contribution in [1.29, 1.82) is 0 Å². The third-order valence-electron chi connectivity index (χ3n) is 5.72. The Morgan fingerprint density at radius 2 is 2.24 bits per heavy atom. The number of thioether (sulfide) groups is 1. The molecule has 192 valence electrons. The summed E-state index contributed by atoms with van der Waals surface area (Å²) in [5.74, 6) is -2.22. The molecule has 5 heterocycles. The number of carboxylic acid groups (broad SMARTS) is 1. The summed E-state index contributed by atoms with van der Waals surface area (Å²) in [6.07, 6.45) is 3.63. The van der Waals surface area contributed by atoms with Crippen LogP contribution in [-0.2, 0) is 25.8 Å². The van der Waals surface area contributed by atoms with Gasteiger partial charge >= 0.3 is 5.97 Å². The van der Waals surface area contributed by atoms with Crippen molar-refractivity contribution in [3.63, 3.8) is 0 Å². The SMILES string of the molecule is CON=C(C(=O)N[C@@H]1C(=O)N2C(C(=O)O)=C(C[n+]3cc4cc(C)ccn4n3)CS[C@@H]12)c1nc(N)sc1Cl. The molecule has 3 aromatic heterocycles. The molecule has 1 saturated heterocycles. The molecule has 0 aromatic carbocycles. The molecule has 5 rings (SSSR count). The van der Waals surface area contributed by atoms with Crippen LogP contribution in [0.1, 0.15) is 11.3 Å². The number of aromatic nitrogens is 4. The minimum absolute atomic E-state index is 0.0246. The number of carboxylic acids is 1. The highest BCUT2D eigenvalue weighted by Crippen LogP contribution is 2.40. The van der Waals surface area contributed by atoms with Gasteiger partial charge in [-0.05, 0) is 24.6 Å². The number of carbonyl (C=O) groups is 3. The number of β-lactam (4-membered cyclic amide) rings is 1. The maximum Gasteiger partial charge on any atom is 0.352 e. The van der Waals surface area contributed by atoms with Crippen molar-refractivity contribution in [2.75, 3.05) is 18.6 Å². The number of carbonyl (C=O) groups excluding carboxylic acids is 2. The van der Waals surface area contributed by atoms with Gasteiger partial charge in [0.25, 0.3) is 11.8 Å². The summed E-state index contributed by atoms with van der Waals surface area (Å²) in [5, 5.41) is 20.2. The topological polar surface area (TPSA) is 168 Å². The molecule has 0 spiro atoms. The number of aryl methyl sites for hydroxylation is 1. The number of halogens is 1. The Hall–Kier alpha value is -3.69. The number of aliphatic carboxylic acids is 1. The Morgan fingerprint density at radius 3 is 2.92 bits per heavy atom. The number of hydrogen-bond acceptors (Lipinski definition) is 10. The number of nitrogens with one attached hydrogen (secondary N) is 1. The first kappa shape index (κ1) is 25.0. The van der Waals surface area contributed by atoms with E-state index in [1.165, 1.54) is 23.8 Å². The molecular formula is C21H20ClN8O5S2+. The van der Waals surface area contributed by atoms with E-state index in [4.69, 9.17) is 22.2 Å². The quantitative estimate of drug-likeness (QED) is 0.159. The van der Waals surface area contributed by atoms with E-state index in [-0.39, 0.29) is 33.1 Å². The fraction of sp³-hybridized carbons (Fsp3) is 0.286. The normalized spacial score (nSPS) is 19.6. The molecule has 0 bridgehead atoms. The Balaban J connectivity index is 1.37. The van der Waals surface area contributed by atoms with Crippen molar-refractivity contribution in [3.05, 3.63) is 51.4 Å². The zero-order valence-corrected chi connectivity index (χ0v) is 21.8. The van der Waals surface area contributed by atoms with Gasteiger partial charge in [-0.3, -0.25) is 14.5 Å². The van der Waals surface area contributed by atoms with Crippen LogP contribution in [0.3, 0.4) is 0 Å². The molecule has 2 amide bonds. The standard InChI is InChI=1S/C21H19ClN8O5S2/c1-9-3-4-29-11(5-9)7-28(27-29)6-10-8-36-19-14(18(32)30(19)15(10)20(33)34)24-17(31)13(26-35-2)12-16(22)37-21(23)25-12/h3-5,7,14,19H,6,8H2,1-2H3,(H3-,23,24,25,31,33,34)/p+1/t14-,19+/m1/s1. The van der Waals surface area contributed by atoms with Crippen molar-refractivity contribution in [2.45, 2.75) is 24.9 Å². The van der Waals surface area contributed by atoms with E-state index in [2.05, 4.69) is 20.7 Å². The molecule has 0 unspecified atom stereocenters.